The monoisotopic (exact) mass is 300 g/mol. The molecule has 2 nitrogen and oxygen atoms in total. The maximum atomic E-state index is 5.95. The van der Waals surface area contributed by atoms with Gasteiger partial charge < -0.3 is 9.47 Å². The lowest BCUT2D eigenvalue weighted by Gasteiger charge is -2.19. The van der Waals surface area contributed by atoms with Gasteiger partial charge in [-0.3, -0.25) is 0 Å². The number of hydrogen-bond acceptors (Lipinski definition) is 2. The summed E-state index contributed by atoms with van der Waals surface area (Å²) in [7, 11) is 0. The van der Waals surface area contributed by atoms with Crippen LogP contribution in [0.5, 0.6) is 0 Å². The van der Waals surface area contributed by atoms with E-state index in [2.05, 4.69) is 27.7 Å². The summed E-state index contributed by atoms with van der Waals surface area (Å²) in [6.07, 6.45) is 13.9. The lowest BCUT2D eigenvalue weighted by molar-refractivity contribution is -0.149. The van der Waals surface area contributed by atoms with E-state index in [1.54, 1.807) is 0 Å². The van der Waals surface area contributed by atoms with Crippen LogP contribution in [0.2, 0.25) is 0 Å². The molecule has 0 N–H and O–H groups in total. The first kappa shape index (κ1) is 20.9. The fourth-order valence-electron chi connectivity index (χ4n) is 2.31. The van der Waals surface area contributed by atoms with Gasteiger partial charge in [-0.2, -0.15) is 0 Å². The Morgan fingerprint density at radius 3 is 1.81 bits per heavy atom. The van der Waals surface area contributed by atoms with E-state index < -0.39 is 0 Å². The van der Waals surface area contributed by atoms with E-state index in [9.17, 15) is 0 Å². The highest BCUT2D eigenvalue weighted by Gasteiger charge is 2.09. The van der Waals surface area contributed by atoms with E-state index in [4.69, 9.17) is 9.47 Å². The third kappa shape index (κ3) is 16.1. The van der Waals surface area contributed by atoms with Crippen molar-refractivity contribution in [2.24, 2.45) is 5.92 Å². The highest BCUT2D eigenvalue weighted by atomic mass is 16.7. The summed E-state index contributed by atoms with van der Waals surface area (Å²) in [5, 5.41) is 0. The van der Waals surface area contributed by atoms with Gasteiger partial charge in [0.15, 0.2) is 6.29 Å². The van der Waals surface area contributed by atoms with Crippen molar-refractivity contribution in [2.75, 3.05) is 13.2 Å². The minimum absolute atomic E-state index is 0.0343. The zero-order valence-electron chi connectivity index (χ0n) is 15.2. The molecule has 0 aromatic rings. The Morgan fingerprint density at radius 2 is 1.19 bits per heavy atom. The van der Waals surface area contributed by atoms with Gasteiger partial charge in [0, 0.05) is 13.2 Å². The first-order valence-electron chi connectivity index (χ1n) is 9.43. The molecule has 0 bridgehead atoms. The zero-order chi connectivity index (χ0) is 15.8. The maximum absolute atomic E-state index is 5.95. The van der Waals surface area contributed by atoms with Crippen molar-refractivity contribution in [2.45, 2.75) is 105 Å². The summed E-state index contributed by atoms with van der Waals surface area (Å²) in [5.74, 6) is 0.708. The van der Waals surface area contributed by atoms with Gasteiger partial charge in [-0.15, -0.1) is 0 Å². The van der Waals surface area contributed by atoms with Crippen LogP contribution >= 0.6 is 0 Å². The molecule has 0 aromatic carbocycles. The van der Waals surface area contributed by atoms with E-state index >= 15 is 0 Å². The summed E-state index contributed by atoms with van der Waals surface area (Å²) in [6, 6.07) is 0. The van der Waals surface area contributed by atoms with E-state index in [1.807, 2.05) is 0 Å². The molecule has 0 saturated heterocycles. The molecule has 1 atom stereocenters. The average Bonchev–Trinajstić information content (AvgIpc) is 2.45. The van der Waals surface area contributed by atoms with Crippen molar-refractivity contribution >= 4 is 0 Å². The second kappa shape index (κ2) is 16.3. The number of rotatable bonds is 16. The van der Waals surface area contributed by atoms with Crippen LogP contribution in [0.25, 0.3) is 0 Å². The predicted octanol–water partition coefficient (Wildman–Crippen LogP) is 6.33. The first-order valence-corrected chi connectivity index (χ1v) is 9.43. The smallest absolute Gasteiger partial charge is 0.157 e. The highest BCUT2D eigenvalue weighted by molar-refractivity contribution is 4.51. The molecule has 0 aliphatic rings. The van der Waals surface area contributed by atoms with Crippen molar-refractivity contribution in [3.8, 4) is 0 Å². The molecule has 0 heterocycles. The lowest BCUT2D eigenvalue weighted by Crippen LogP contribution is -2.19. The van der Waals surface area contributed by atoms with Crippen molar-refractivity contribution in [1.82, 2.24) is 0 Å². The molecule has 0 aliphatic heterocycles. The third-order valence-electron chi connectivity index (χ3n) is 3.84. The molecule has 0 spiro atoms. The maximum Gasteiger partial charge on any atom is 0.157 e. The molecule has 0 amide bonds. The Hall–Kier alpha value is -0.0800. The minimum Gasteiger partial charge on any atom is -0.353 e. The van der Waals surface area contributed by atoms with Gasteiger partial charge >= 0.3 is 0 Å². The SMILES string of the molecule is CCCCCCCC(OCCCCCC)OCCC(C)C. The Kier molecular flexibility index (Phi) is 16.2. The van der Waals surface area contributed by atoms with E-state index in [1.165, 1.54) is 57.8 Å². The van der Waals surface area contributed by atoms with Gasteiger partial charge in [-0.05, 0) is 31.6 Å². The lowest BCUT2D eigenvalue weighted by atomic mass is 10.1. The molecule has 2 heteroatoms. The van der Waals surface area contributed by atoms with Gasteiger partial charge in [0.1, 0.15) is 0 Å². The molecule has 128 valence electrons. The second-order valence-electron chi connectivity index (χ2n) is 6.62. The molecular formula is C19H40O2. The molecule has 21 heavy (non-hydrogen) atoms. The average molecular weight is 301 g/mol. The highest BCUT2D eigenvalue weighted by Crippen LogP contribution is 2.13. The molecule has 0 saturated carbocycles. The zero-order valence-corrected chi connectivity index (χ0v) is 15.2. The van der Waals surface area contributed by atoms with Gasteiger partial charge in [0.2, 0.25) is 0 Å². The molecule has 0 aliphatic carbocycles. The van der Waals surface area contributed by atoms with Crippen molar-refractivity contribution < 1.29 is 9.47 Å². The predicted molar refractivity (Wildman–Crippen MR) is 92.7 cm³/mol. The fourth-order valence-corrected chi connectivity index (χ4v) is 2.31. The van der Waals surface area contributed by atoms with Crippen LogP contribution in [0.15, 0.2) is 0 Å². The second-order valence-corrected chi connectivity index (χ2v) is 6.62. The topological polar surface area (TPSA) is 18.5 Å². The largest absolute Gasteiger partial charge is 0.353 e. The van der Waals surface area contributed by atoms with Crippen molar-refractivity contribution in [3.05, 3.63) is 0 Å². The first-order chi connectivity index (χ1) is 10.2. The van der Waals surface area contributed by atoms with Crippen LogP contribution < -0.4 is 0 Å². The Bertz CT molecular complexity index is 178. The van der Waals surface area contributed by atoms with Crippen LogP contribution in [-0.4, -0.2) is 19.5 Å². The van der Waals surface area contributed by atoms with Gasteiger partial charge in [0.25, 0.3) is 0 Å². The van der Waals surface area contributed by atoms with Crippen LogP contribution in [0.3, 0.4) is 0 Å². The quantitative estimate of drug-likeness (QED) is 0.245. The van der Waals surface area contributed by atoms with Crippen LogP contribution in [-0.2, 0) is 9.47 Å². The molecule has 0 fully saturated rings. The molecular weight excluding hydrogens is 260 g/mol. The standard InChI is InChI=1S/C19H40O2/c1-5-7-9-11-12-14-19(21-17-15-18(3)4)20-16-13-10-8-6-2/h18-19H,5-17H2,1-4H3. The van der Waals surface area contributed by atoms with Gasteiger partial charge in [-0.1, -0.05) is 72.6 Å². The van der Waals surface area contributed by atoms with Crippen molar-refractivity contribution in [3.63, 3.8) is 0 Å². The summed E-state index contributed by atoms with van der Waals surface area (Å²) in [6.45, 7) is 10.7. The summed E-state index contributed by atoms with van der Waals surface area (Å²) < 4.78 is 11.9. The molecule has 0 aromatic heterocycles. The minimum atomic E-state index is 0.0343. The van der Waals surface area contributed by atoms with Crippen LogP contribution in [0.1, 0.15) is 98.3 Å². The Labute approximate surface area is 134 Å². The van der Waals surface area contributed by atoms with Crippen LogP contribution in [0.4, 0.5) is 0 Å². The van der Waals surface area contributed by atoms with E-state index in [0.717, 1.165) is 26.1 Å². The summed E-state index contributed by atoms with van der Waals surface area (Å²) in [4.78, 5) is 0. The molecule has 1 unspecified atom stereocenters. The summed E-state index contributed by atoms with van der Waals surface area (Å²) in [5.41, 5.74) is 0. The Morgan fingerprint density at radius 1 is 0.619 bits per heavy atom. The normalized spacial score (nSPS) is 13.0. The van der Waals surface area contributed by atoms with E-state index in [-0.39, 0.29) is 6.29 Å². The van der Waals surface area contributed by atoms with Crippen molar-refractivity contribution in [1.29, 1.82) is 0 Å². The number of ether oxygens (including phenoxy) is 2. The van der Waals surface area contributed by atoms with Gasteiger partial charge in [-0.25, -0.2) is 0 Å². The van der Waals surface area contributed by atoms with Crippen LogP contribution in [0, 0.1) is 5.92 Å². The third-order valence-corrected chi connectivity index (χ3v) is 3.84. The fraction of sp³-hybridized carbons (Fsp3) is 1.00. The van der Waals surface area contributed by atoms with Gasteiger partial charge in [0.05, 0.1) is 0 Å². The number of hydrogen-bond donors (Lipinski definition) is 0. The summed E-state index contributed by atoms with van der Waals surface area (Å²) >= 11 is 0. The number of unbranched alkanes of at least 4 members (excludes halogenated alkanes) is 7. The Balaban J connectivity index is 3.74. The molecule has 0 rings (SSSR count). The van der Waals surface area contributed by atoms with E-state index in [0.29, 0.717) is 5.92 Å². The molecule has 0 radical (unpaired) electrons.